The van der Waals surface area contributed by atoms with Crippen LogP contribution in [0.1, 0.15) is 16.7 Å². The van der Waals surface area contributed by atoms with Crippen molar-refractivity contribution in [3.8, 4) is 5.75 Å². The number of alkyl halides is 6. The lowest BCUT2D eigenvalue weighted by molar-refractivity contribution is -0.146. The summed E-state index contributed by atoms with van der Waals surface area (Å²) in [6, 6.07) is 0.559. The van der Waals surface area contributed by atoms with Crippen molar-refractivity contribution in [3.63, 3.8) is 0 Å². The quantitative estimate of drug-likeness (QED) is 0.674. The van der Waals surface area contributed by atoms with Crippen molar-refractivity contribution in [2.75, 3.05) is 7.11 Å². The molecule has 0 atom stereocenters. The Bertz CT molecular complexity index is 483. The number of phenols is 1. The van der Waals surface area contributed by atoms with Crippen LogP contribution in [0.4, 0.5) is 26.3 Å². The number of benzene rings is 1. The molecule has 1 rings (SSSR count). The molecule has 0 bridgehead atoms. The Hall–Kier alpha value is -1.93. The van der Waals surface area contributed by atoms with Crippen LogP contribution in [0.15, 0.2) is 12.1 Å². The number of carbonyl (C=O) groups is 1. The Kier molecular flexibility index (Phi) is 4.21. The van der Waals surface area contributed by atoms with Gasteiger partial charge >= 0.3 is 18.3 Å². The van der Waals surface area contributed by atoms with Gasteiger partial charge in [-0.05, 0) is 17.7 Å². The highest BCUT2D eigenvalue weighted by Gasteiger charge is 2.41. The summed E-state index contributed by atoms with van der Waals surface area (Å²) >= 11 is 0. The average Bonchev–Trinajstić information content (AvgIpc) is 2.28. The number of methoxy groups -OCH3 is 1. The van der Waals surface area contributed by atoms with Gasteiger partial charge < -0.3 is 9.84 Å². The molecule has 0 fully saturated rings. The van der Waals surface area contributed by atoms with E-state index in [1.807, 2.05) is 0 Å². The van der Waals surface area contributed by atoms with E-state index in [1.165, 1.54) is 0 Å². The van der Waals surface area contributed by atoms with E-state index in [4.69, 9.17) is 5.11 Å². The third-order valence-electron chi connectivity index (χ3n) is 2.36. The Labute approximate surface area is 108 Å². The van der Waals surface area contributed by atoms with E-state index in [0.717, 1.165) is 7.11 Å². The smallest absolute Gasteiger partial charge is 0.419 e. The number of ether oxygens (including phenoxy) is 1. The summed E-state index contributed by atoms with van der Waals surface area (Å²) in [6.45, 7) is 0. The minimum absolute atomic E-state index is 0.279. The van der Waals surface area contributed by atoms with Gasteiger partial charge in [0.05, 0.1) is 24.7 Å². The van der Waals surface area contributed by atoms with Crippen LogP contribution in [0.25, 0.3) is 0 Å². The number of hydrogen-bond donors (Lipinski definition) is 1. The van der Waals surface area contributed by atoms with Gasteiger partial charge in [-0.25, -0.2) is 0 Å². The number of carbonyl (C=O) groups excluding carboxylic acids is 1. The Morgan fingerprint density at radius 2 is 1.50 bits per heavy atom. The highest BCUT2D eigenvalue weighted by atomic mass is 19.4. The van der Waals surface area contributed by atoms with Crippen LogP contribution in [-0.4, -0.2) is 18.2 Å². The molecule has 1 aromatic carbocycles. The van der Waals surface area contributed by atoms with E-state index < -0.39 is 47.2 Å². The van der Waals surface area contributed by atoms with Gasteiger partial charge in [0.25, 0.3) is 0 Å². The SMILES string of the molecule is COC(=O)Cc1cc(C(F)(F)F)c(O)c(C(F)(F)F)c1. The van der Waals surface area contributed by atoms with Gasteiger partial charge in [0.1, 0.15) is 5.75 Å². The second-order valence-corrected chi connectivity index (χ2v) is 3.79. The monoisotopic (exact) mass is 302 g/mol. The minimum Gasteiger partial charge on any atom is -0.507 e. The van der Waals surface area contributed by atoms with Crippen molar-refractivity contribution in [2.24, 2.45) is 0 Å². The molecule has 0 saturated carbocycles. The maximum atomic E-state index is 12.6. The first kappa shape index (κ1) is 16.1. The first-order valence-corrected chi connectivity index (χ1v) is 5.04. The molecule has 0 saturated heterocycles. The predicted octanol–water partition coefficient (Wildman–Crippen LogP) is 3.15. The molecule has 9 heteroatoms. The number of hydrogen-bond acceptors (Lipinski definition) is 3. The zero-order chi connectivity index (χ0) is 15.7. The summed E-state index contributed by atoms with van der Waals surface area (Å²) in [6.07, 6.45) is -11.1. The largest absolute Gasteiger partial charge is 0.507 e. The molecule has 0 aromatic heterocycles. The summed E-state index contributed by atoms with van der Waals surface area (Å²) in [4.78, 5) is 10.9. The van der Waals surface area contributed by atoms with Gasteiger partial charge in [0.15, 0.2) is 0 Å². The molecule has 0 amide bonds. The van der Waals surface area contributed by atoms with Crippen molar-refractivity contribution < 1.29 is 41.0 Å². The number of phenolic OH excluding ortho intramolecular Hbond substituents is 1. The molecule has 0 aliphatic carbocycles. The lowest BCUT2D eigenvalue weighted by Crippen LogP contribution is -2.14. The van der Waals surface area contributed by atoms with Gasteiger partial charge in [-0.15, -0.1) is 0 Å². The van der Waals surface area contributed by atoms with Gasteiger partial charge in [-0.3, -0.25) is 4.79 Å². The molecule has 1 aromatic rings. The highest BCUT2D eigenvalue weighted by molar-refractivity contribution is 5.72. The summed E-state index contributed by atoms with van der Waals surface area (Å²) in [5.74, 6) is -2.92. The number of esters is 1. The van der Waals surface area contributed by atoms with Gasteiger partial charge in [0, 0.05) is 0 Å². The van der Waals surface area contributed by atoms with Crippen LogP contribution < -0.4 is 0 Å². The molecule has 1 N–H and O–H groups in total. The molecule has 0 unspecified atom stereocenters. The topological polar surface area (TPSA) is 46.5 Å². The second-order valence-electron chi connectivity index (χ2n) is 3.79. The average molecular weight is 302 g/mol. The number of rotatable bonds is 2. The molecule has 0 radical (unpaired) electrons. The molecule has 112 valence electrons. The van der Waals surface area contributed by atoms with Gasteiger partial charge in [-0.2, -0.15) is 26.3 Å². The van der Waals surface area contributed by atoms with Crippen molar-refractivity contribution >= 4 is 5.97 Å². The molecular formula is C11H8F6O3. The Morgan fingerprint density at radius 1 is 1.10 bits per heavy atom. The van der Waals surface area contributed by atoms with Crippen molar-refractivity contribution in [2.45, 2.75) is 18.8 Å². The van der Waals surface area contributed by atoms with Crippen molar-refractivity contribution in [3.05, 3.63) is 28.8 Å². The summed E-state index contributed by atoms with van der Waals surface area (Å²) in [7, 11) is 0.943. The fourth-order valence-electron chi connectivity index (χ4n) is 1.47. The normalized spacial score (nSPS) is 12.3. The molecule has 0 heterocycles. The van der Waals surface area contributed by atoms with Crippen molar-refractivity contribution in [1.82, 2.24) is 0 Å². The van der Waals surface area contributed by atoms with E-state index in [1.54, 1.807) is 0 Å². The molecular weight excluding hydrogens is 294 g/mol. The number of aromatic hydroxyl groups is 1. The third kappa shape index (κ3) is 3.55. The lowest BCUT2D eigenvalue weighted by Gasteiger charge is -2.16. The predicted molar refractivity (Wildman–Crippen MR) is 53.8 cm³/mol. The van der Waals surface area contributed by atoms with Gasteiger partial charge in [-0.1, -0.05) is 0 Å². The highest BCUT2D eigenvalue weighted by Crippen LogP contribution is 2.44. The minimum atomic E-state index is -5.18. The van der Waals surface area contributed by atoms with Crippen LogP contribution in [0.2, 0.25) is 0 Å². The van der Waals surface area contributed by atoms with E-state index in [-0.39, 0.29) is 12.1 Å². The van der Waals surface area contributed by atoms with Crippen LogP contribution in [0.5, 0.6) is 5.75 Å². The Balaban J connectivity index is 3.46. The summed E-state index contributed by atoms with van der Waals surface area (Å²) in [5.41, 5.74) is -4.27. The maximum Gasteiger partial charge on any atom is 0.419 e. The molecule has 3 nitrogen and oxygen atoms in total. The van der Waals surface area contributed by atoms with E-state index in [0.29, 0.717) is 0 Å². The first-order valence-electron chi connectivity index (χ1n) is 5.04. The van der Waals surface area contributed by atoms with E-state index in [2.05, 4.69) is 4.74 Å². The van der Waals surface area contributed by atoms with Crippen LogP contribution in [0, 0.1) is 0 Å². The lowest BCUT2D eigenvalue weighted by atomic mass is 10.0. The summed E-state index contributed by atoms with van der Waals surface area (Å²) < 4.78 is 79.6. The fraction of sp³-hybridized carbons (Fsp3) is 0.364. The summed E-state index contributed by atoms with van der Waals surface area (Å²) in [5, 5.41) is 9.12. The zero-order valence-electron chi connectivity index (χ0n) is 9.89. The molecule has 0 spiro atoms. The fourth-order valence-corrected chi connectivity index (χ4v) is 1.47. The zero-order valence-corrected chi connectivity index (χ0v) is 9.89. The van der Waals surface area contributed by atoms with Crippen LogP contribution in [-0.2, 0) is 28.3 Å². The first-order chi connectivity index (χ1) is 8.96. The van der Waals surface area contributed by atoms with Crippen LogP contribution >= 0.6 is 0 Å². The van der Waals surface area contributed by atoms with E-state index in [9.17, 15) is 31.1 Å². The second kappa shape index (κ2) is 5.22. The molecule has 0 aliphatic rings. The maximum absolute atomic E-state index is 12.6. The Morgan fingerprint density at radius 3 is 1.80 bits per heavy atom. The van der Waals surface area contributed by atoms with Crippen molar-refractivity contribution in [1.29, 1.82) is 0 Å². The molecule has 20 heavy (non-hydrogen) atoms. The van der Waals surface area contributed by atoms with Crippen LogP contribution in [0.3, 0.4) is 0 Å². The van der Waals surface area contributed by atoms with E-state index >= 15 is 0 Å². The molecule has 0 aliphatic heterocycles. The third-order valence-corrected chi connectivity index (χ3v) is 2.36. The standard InChI is InChI=1S/C11H8F6O3/c1-20-8(18)4-5-2-6(10(12,13)14)9(19)7(3-5)11(15,16)17/h2-3,19H,4H2,1H3. The van der Waals surface area contributed by atoms with Gasteiger partial charge in [0.2, 0.25) is 0 Å². The number of halogens is 6.